The predicted molar refractivity (Wildman–Crippen MR) is 91.8 cm³/mol. The zero-order valence-electron chi connectivity index (χ0n) is 13.6. The highest BCUT2D eigenvalue weighted by Crippen LogP contribution is 2.28. The Balaban J connectivity index is 1.77. The van der Waals surface area contributed by atoms with Gasteiger partial charge in [-0.1, -0.05) is 12.1 Å². The molecule has 3 amide bonds. The zero-order chi connectivity index (χ0) is 18.0. The quantitative estimate of drug-likeness (QED) is 0.882. The number of carbonyl (C=O) groups excluding carboxylic acids is 2. The van der Waals surface area contributed by atoms with E-state index in [9.17, 15) is 18.4 Å². The van der Waals surface area contributed by atoms with Gasteiger partial charge < -0.3 is 15.5 Å². The van der Waals surface area contributed by atoms with E-state index in [0.29, 0.717) is 18.7 Å². The summed E-state index contributed by atoms with van der Waals surface area (Å²) in [4.78, 5) is 25.6. The van der Waals surface area contributed by atoms with E-state index < -0.39 is 23.4 Å². The molecule has 0 unspecified atom stereocenters. The number of rotatable bonds is 3. The van der Waals surface area contributed by atoms with Crippen molar-refractivity contribution in [2.24, 2.45) is 0 Å². The Morgan fingerprint density at radius 2 is 1.84 bits per heavy atom. The summed E-state index contributed by atoms with van der Waals surface area (Å²) in [6.45, 7) is 2.51. The van der Waals surface area contributed by atoms with Gasteiger partial charge in [-0.05, 0) is 43.2 Å². The Hall–Kier alpha value is -2.96. The molecule has 7 heteroatoms. The lowest BCUT2D eigenvalue weighted by atomic mass is 10.1. The smallest absolute Gasteiger partial charge is 0.312 e. The van der Waals surface area contributed by atoms with Crippen LogP contribution in [0.25, 0.3) is 0 Å². The minimum absolute atomic E-state index is 0.0399. The van der Waals surface area contributed by atoms with E-state index in [1.165, 1.54) is 6.07 Å². The van der Waals surface area contributed by atoms with Crippen molar-refractivity contribution < 1.29 is 18.4 Å². The molecule has 1 aliphatic rings. The van der Waals surface area contributed by atoms with Crippen molar-refractivity contribution in [3.05, 3.63) is 53.6 Å². The van der Waals surface area contributed by atoms with Gasteiger partial charge in [-0.2, -0.15) is 0 Å². The van der Waals surface area contributed by atoms with Crippen molar-refractivity contribution in [1.82, 2.24) is 0 Å². The molecule has 130 valence electrons. The van der Waals surface area contributed by atoms with Gasteiger partial charge in [0.05, 0.1) is 0 Å². The number of aryl methyl sites for hydroxylation is 1. The third-order valence-electron chi connectivity index (χ3n) is 4.03. The fraction of sp³-hybridized carbons (Fsp3) is 0.222. The van der Waals surface area contributed by atoms with Gasteiger partial charge in [0.1, 0.15) is 17.3 Å². The number of nitrogens with one attached hydrogen (secondary N) is 2. The van der Waals surface area contributed by atoms with Crippen LogP contribution in [0.3, 0.4) is 0 Å². The first-order valence-corrected chi connectivity index (χ1v) is 7.89. The van der Waals surface area contributed by atoms with Crippen molar-refractivity contribution in [3.63, 3.8) is 0 Å². The maximum absolute atomic E-state index is 13.6. The number of para-hydroxylation sites is 1. The molecule has 0 spiro atoms. The molecule has 0 atom stereocenters. The van der Waals surface area contributed by atoms with Gasteiger partial charge >= 0.3 is 6.03 Å². The second-order valence-corrected chi connectivity index (χ2v) is 5.83. The summed E-state index contributed by atoms with van der Waals surface area (Å²) in [6.07, 6.45) is 1.30. The first-order valence-electron chi connectivity index (χ1n) is 7.89. The molecular formula is C18H17F2N3O2. The van der Waals surface area contributed by atoms with Gasteiger partial charge in [-0.3, -0.25) is 4.79 Å². The summed E-state index contributed by atoms with van der Waals surface area (Å²) in [5.41, 5.74) is 1.54. The molecule has 5 nitrogen and oxygen atoms in total. The number of nitrogens with zero attached hydrogens (tertiary/aromatic N) is 1. The highest BCUT2D eigenvalue weighted by Gasteiger charge is 2.23. The number of halogens is 2. The summed E-state index contributed by atoms with van der Waals surface area (Å²) in [5.74, 6) is -1.68. The molecule has 0 aromatic heterocycles. The lowest BCUT2D eigenvalue weighted by Gasteiger charge is -2.19. The van der Waals surface area contributed by atoms with Crippen LogP contribution in [0.4, 0.5) is 30.6 Å². The summed E-state index contributed by atoms with van der Waals surface area (Å²) in [7, 11) is 0. The molecule has 2 N–H and O–H groups in total. The van der Waals surface area contributed by atoms with Crippen LogP contribution in [0.15, 0.2) is 36.4 Å². The standard InChI is InChI=1S/C18H17F2N3O2/c1-11-7-8-12(10-15(11)23-9-3-6-16(23)24)21-18(25)22-17-13(19)4-2-5-14(17)20/h2,4-5,7-8,10H,3,6,9H2,1H3,(H2,21,22,25). The number of anilines is 3. The SMILES string of the molecule is Cc1ccc(NC(=O)Nc2c(F)cccc2F)cc1N1CCCC1=O. The largest absolute Gasteiger partial charge is 0.323 e. The molecule has 0 saturated carbocycles. The van der Waals surface area contributed by atoms with E-state index >= 15 is 0 Å². The Kier molecular flexibility index (Phi) is 4.65. The fourth-order valence-electron chi connectivity index (χ4n) is 2.77. The molecule has 1 fully saturated rings. The Labute approximate surface area is 143 Å². The molecule has 1 aliphatic heterocycles. The van der Waals surface area contributed by atoms with Gasteiger partial charge in [-0.15, -0.1) is 0 Å². The van der Waals surface area contributed by atoms with Crippen LogP contribution in [0.1, 0.15) is 18.4 Å². The number of amides is 3. The normalized spacial score (nSPS) is 13.9. The van der Waals surface area contributed by atoms with Crippen molar-refractivity contribution in [2.75, 3.05) is 22.1 Å². The second kappa shape index (κ2) is 6.88. The van der Waals surface area contributed by atoms with Crippen LogP contribution in [0.2, 0.25) is 0 Å². The van der Waals surface area contributed by atoms with Crippen molar-refractivity contribution in [3.8, 4) is 0 Å². The third kappa shape index (κ3) is 3.60. The molecule has 0 aliphatic carbocycles. The average Bonchev–Trinajstić information content (AvgIpc) is 2.99. The van der Waals surface area contributed by atoms with Crippen LogP contribution in [0.5, 0.6) is 0 Å². The Morgan fingerprint density at radius 1 is 1.12 bits per heavy atom. The van der Waals surface area contributed by atoms with Crippen molar-refractivity contribution in [1.29, 1.82) is 0 Å². The highest BCUT2D eigenvalue weighted by molar-refractivity contribution is 6.01. The van der Waals surface area contributed by atoms with Gasteiger partial charge in [0.25, 0.3) is 0 Å². The Morgan fingerprint density at radius 3 is 2.48 bits per heavy atom. The molecule has 25 heavy (non-hydrogen) atoms. The number of carbonyl (C=O) groups is 2. The Bertz CT molecular complexity index is 819. The first-order chi connectivity index (χ1) is 12.0. The summed E-state index contributed by atoms with van der Waals surface area (Å²) >= 11 is 0. The van der Waals surface area contributed by atoms with Crippen LogP contribution < -0.4 is 15.5 Å². The summed E-state index contributed by atoms with van der Waals surface area (Å²) in [5, 5.41) is 4.69. The monoisotopic (exact) mass is 345 g/mol. The molecule has 0 radical (unpaired) electrons. The van der Waals surface area contributed by atoms with E-state index in [2.05, 4.69) is 10.6 Å². The molecule has 2 aromatic carbocycles. The number of hydrogen-bond acceptors (Lipinski definition) is 2. The van der Waals surface area contributed by atoms with Gasteiger partial charge in [0.2, 0.25) is 5.91 Å². The van der Waals surface area contributed by atoms with Crippen LogP contribution >= 0.6 is 0 Å². The molecule has 0 bridgehead atoms. The molecule has 3 rings (SSSR count). The van der Waals surface area contributed by atoms with Crippen molar-refractivity contribution >= 4 is 29.0 Å². The fourth-order valence-corrected chi connectivity index (χ4v) is 2.77. The van der Waals surface area contributed by atoms with E-state index in [-0.39, 0.29) is 5.91 Å². The maximum Gasteiger partial charge on any atom is 0.323 e. The summed E-state index contributed by atoms with van der Waals surface area (Å²) in [6, 6.07) is 7.68. The van der Waals surface area contributed by atoms with Crippen LogP contribution in [-0.2, 0) is 4.79 Å². The number of benzene rings is 2. The molecular weight excluding hydrogens is 328 g/mol. The molecule has 2 aromatic rings. The van der Waals surface area contributed by atoms with E-state index in [1.54, 1.807) is 23.1 Å². The molecule has 1 heterocycles. The zero-order valence-corrected chi connectivity index (χ0v) is 13.6. The topological polar surface area (TPSA) is 61.4 Å². The first kappa shape index (κ1) is 16.9. The minimum Gasteiger partial charge on any atom is -0.312 e. The van der Waals surface area contributed by atoms with E-state index in [1.807, 2.05) is 6.92 Å². The van der Waals surface area contributed by atoms with Crippen LogP contribution in [-0.4, -0.2) is 18.5 Å². The van der Waals surface area contributed by atoms with E-state index in [0.717, 1.165) is 29.8 Å². The lowest BCUT2D eigenvalue weighted by molar-refractivity contribution is -0.117. The number of hydrogen-bond donors (Lipinski definition) is 2. The molecule has 1 saturated heterocycles. The second-order valence-electron chi connectivity index (χ2n) is 5.83. The maximum atomic E-state index is 13.6. The van der Waals surface area contributed by atoms with Gasteiger partial charge in [0.15, 0.2) is 0 Å². The van der Waals surface area contributed by atoms with Crippen molar-refractivity contribution in [2.45, 2.75) is 19.8 Å². The highest BCUT2D eigenvalue weighted by atomic mass is 19.1. The van der Waals surface area contributed by atoms with Crippen LogP contribution in [0, 0.1) is 18.6 Å². The van der Waals surface area contributed by atoms with E-state index in [4.69, 9.17) is 0 Å². The van der Waals surface area contributed by atoms with Gasteiger partial charge in [-0.25, -0.2) is 13.6 Å². The number of urea groups is 1. The average molecular weight is 345 g/mol. The minimum atomic E-state index is -0.859. The third-order valence-corrected chi connectivity index (χ3v) is 4.03. The lowest BCUT2D eigenvalue weighted by Crippen LogP contribution is -2.25. The summed E-state index contributed by atoms with van der Waals surface area (Å²) < 4.78 is 27.2. The predicted octanol–water partition coefficient (Wildman–Crippen LogP) is 4.04. The van der Waals surface area contributed by atoms with Gasteiger partial charge in [0, 0.05) is 24.3 Å².